The molecule has 0 radical (unpaired) electrons. The average Bonchev–Trinajstić information content (AvgIpc) is 3.29. The summed E-state index contributed by atoms with van der Waals surface area (Å²) >= 11 is 0. The number of Topliss-reactive ketones (excluding diaryl/α,β-unsaturated/α-hetero) is 1. The van der Waals surface area contributed by atoms with Gasteiger partial charge in [-0.1, -0.05) is 0 Å². The molecule has 2 aromatic rings. The normalized spacial score (nSPS) is 18.6. The summed E-state index contributed by atoms with van der Waals surface area (Å²) in [7, 11) is -0.0143. The first-order valence-electron chi connectivity index (χ1n) is 8.64. The van der Waals surface area contributed by atoms with Crippen molar-refractivity contribution in [3.05, 3.63) is 47.9 Å². The van der Waals surface area contributed by atoms with Crippen LogP contribution in [0.1, 0.15) is 22.5 Å². The summed E-state index contributed by atoms with van der Waals surface area (Å²) in [6.07, 6.45) is 2.08. The number of benzene rings is 1. The molecular weight excluding hydrogens is 370 g/mol. The molecule has 0 aliphatic carbocycles. The van der Waals surface area contributed by atoms with E-state index in [4.69, 9.17) is 13.9 Å². The highest BCUT2D eigenvalue weighted by Gasteiger charge is 2.33. The van der Waals surface area contributed by atoms with Gasteiger partial charge in [0.1, 0.15) is 5.76 Å². The lowest BCUT2D eigenvalue weighted by Crippen LogP contribution is -2.39. The number of hydrogen-bond acceptors (Lipinski definition) is 7. The first kappa shape index (κ1) is 19.4. The molecule has 0 bridgehead atoms. The summed E-state index contributed by atoms with van der Waals surface area (Å²) in [5.74, 6) is 1.81. The minimum atomic E-state index is -3.06. The van der Waals surface area contributed by atoms with Crippen molar-refractivity contribution in [2.75, 3.05) is 32.3 Å². The Balaban J connectivity index is 1.79. The summed E-state index contributed by atoms with van der Waals surface area (Å²) in [5, 5.41) is 0. The van der Waals surface area contributed by atoms with Gasteiger partial charge in [-0.05, 0) is 36.8 Å². The van der Waals surface area contributed by atoms with Crippen molar-refractivity contribution in [2.24, 2.45) is 0 Å². The van der Waals surface area contributed by atoms with Crippen molar-refractivity contribution >= 4 is 15.6 Å². The summed E-state index contributed by atoms with van der Waals surface area (Å²) in [5.41, 5.74) is 0.484. The number of hydrogen-bond donors (Lipinski definition) is 0. The van der Waals surface area contributed by atoms with Crippen LogP contribution in [0.25, 0.3) is 0 Å². The van der Waals surface area contributed by atoms with Crippen LogP contribution >= 0.6 is 0 Å². The molecule has 1 aliphatic rings. The molecule has 27 heavy (non-hydrogen) atoms. The van der Waals surface area contributed by atoms with Crippen molar-refractivity contribution in [2.45, 2.75) is 19.0 Å². The number of methoxy groups -OCH3 is 2. The van der Waals surface area contributed by atoms with Gasteiger partial charge in [0.15, 0.2) is 27.1 Å². The highest BCUT2D eigenvalue weighted by molar-refractivity contribution is 7.91. The Morgan fingerprint density at radius 1 is 1.22 bits per heavy atom. The fourth-order valence-electron chi connectivity index (χ4n) is 3.27. The molecule has 1 aliphatic heterocycles. The van der Waals surface area contributed by atoms with Gasteiger partial charge in [0, 0.05) is 11.6 Å². The van der Waals surface area contributed by atoms with Crippen LogP contribution < -0.4 is 9.47 Å². The van der Waals surface area contributed by atoms with Crippen molar-refractivity contribution in [1.82, 2.24) is 4.90 Å². The predicted molar refractivity (Wildman–Crippen MR) is 100 cm³/mol. The molecule has 1 aromatic carbocycles. The smallest absolute Gasteiger partial charge is 0.176 e. The minimum absolute atomic E-state index is 0.0624. The van der Waals surface area contributed by atoms with E-state index in [1.165, 1.54) is 14.2 Å². The summed E-state index contributed by atoms with van der Waals surface area (Å²) in [6.45, 7) is 0.475. The number of furan rings is 1. The van der Waals surface area contributed by atoms with Gasteiger partial charge in [-0.25, -0.2) is 8.42 Å². The zero-order valence-corrected chi connectivity index (χ0v) is 16.2. The quantitative estimate of drug-likeness (QED) is 0.635. The van der Waals surface area contributed by atoms with Crippen LogP contribution in [-0.2, 0) is 16.4 Å². The highest BCUT2D eigenvalue weighted by atomic mass is 32.2. The lowest BCUT2D eigenvalue weighted by molar-refractivity contribution is 0.0884. The second-order valence-corrected chi connectivity index (χ2v) is 8.76. The van der Waals surface area contributed by atoms with Gasteiger partial charge in [0.2, 0.25) is 0 Å². The van der Waals surface area contributed by atoms with Crippen LogP contribution in [0.2, 0.25) is 0 Å². The molecule has 2 heterocycles. The van der Waals surface area contributed by atoms with Crippen LogP contribution in [0.5, 0.6) is 11.5 Å². The molecule has 0 saturated carbocycles. The van der Waals surface area contributed by atoms with E-state index in [0.29, 0.717) is 35.8 Å². The molecular formula is C19H23NO6S. The molecule has 1 saturated heterocycles. The fraction of sp³-hybridized carbons (Fsp3) is 0.421. The monoisotopic (exact) mass is 393 g/mol. The summed E-state index contributed by atoms with van der Waals surface area (Å²) < 4.78 is 39.6. The molecule has 0 spiro atoms. The van der Waals surface area contributed by atoms with Crippen LogP contribution in [0.3, 0.4) is 0 Å². The van der Waals surface area contributed by atoms with Crippen molar-refractivity contribution in [3.63, 3.8) is 0 Å². The van der Waals surface area contributed by atoms with E-state index >= 15 is 0 Å². The van der Waals surface area contributed by atoms with E-state index in [0.717, 1.165) is 0 Å². The predicted octanol–water partition coefficient (Wildman–Crippen LogP) is 2.17. The van der Waals surface area contributed by atoms with Gasteiger partial charge in [0.25, 0.3) is 0 Å². The number of nitrogens with zero attached hydrogens (tertiary/aromatic N) is 1. The summed E-state index contributed by atoms with van der Waals surface area (Å²) in [6, 6.07) is 8.39. The molecule has 0 N–H and O–H groups in total. The van der Waals surface area contributed by atoms with Crippen LogP contribution in [0.4, 0.5) is 0 Å². The van der Waals surface area contributed by atoms with Gasteiger partial charge >= 0.3 is 0 Å². The Hall–Kier alpha value is -2.32. The second-order valence-electron chi connectivity index (χ2n) is 6.53. The highest BCUT2D eigenvalue weighted by Crippen LogP contribution is 2.28. The summed E-state index contributed by atoms with van der Waals surface area (Å²) in [4.78, 5) is 14.7. The number of ether oxygens (including phenoxy) is 2. The Kier molecular flexibility index (Phi) is 5.86. The standard InChI is InChI=1S/C19H23NO6S/c1-24-18-6-5-14(10-19(18)25-2)17(21)12-20(11-16-4-3-8-26-16)15-7-9-27(22,23)13-15/h3-6,8,10,15H,7,9,11-13H2,1-2H3/t15-/m0/s1. The molecule has 1 aromatic heterocycles. The van der Waals surface area contributed by atoms with Crippen LogP contribution in [-0.4, -0.2) is 57.4 Å². The third kappa shape index (κ3) is 4.70. The first-order chi connectivity index (χ1) is 12.9. The van der Waals surface area contributed by atoms with E-state index in [1.54, 1.807) is 30.5 Å². The molecule has 8 heteroatoms. The molecule has 146 valence electrons. The van der Waals surface area contributed by atoms with E-state index in [2.05, 4.69) is 0 Å². The molecule has 7 nitrogen and oxygen atoms in total. The zero-order chi connectivity index (χ0) is 19.4. The van der Waals surface area contributed by atoms with E-state index in [9.17, 15) is 13.2 Å². The van der Waals surface area contributed by atoms with Gasteiger partial charge in [-0.2, -0.15) is 0 Å². The van der Waals surface area contributed by atoms with Crippen molar-refractivity contribution in [1.29, 1.82) is 0 Å². The zero-order valence-electron chi connectivity index (χ0n) is 15.4. The number of carbonyl (C=O) groups excluding carboxylic acids is 1. The molecule has 0 unspecified atom stereocenters. The number of ketones is 1. The van der Waals surface area contributed by atoms with Gasteiger partial charge in [-0.15, -0.1) is 0 Å². The Labute approximate surface area is 158 Å². The van der Waals surface area contributed by atoms with E-state index < -0.39 is 9.84 Å². The molecule has 3 rings (SSSR count). The Bertz CT molecular complexity index is 891. The number of carbonyl (C=O) groups is 1. The maximum Gasteiger partial charge on any atom is 0.176 e. The number of rotatable bonds is 8. The average molecular weight is 393 g/mol. The van der Waals surface area contributed by atoms with E-state index in [1.807, 2.05) is 11.0 Å². The fourth-order valence-corrected chi connectivity index (χ4v) is 5.03. The Morgan fingerprint density at radius 3 is 2.59 bits per heavy atom. The van der Waals surface area contributed by atoms with Crippen LogP contribution in [0, 0.1) is 0 Å². The maximum atomic E-state index is 12.9. The SMILES string of the molecule is COc1ccc(C(=O)CN(Cc2ccco2)[C@H]2CCS(=O)(=O)C2)cc1OC. The first-order valence-corrected chi connectivity index (χ1v) is 10.5. The minimum Gasteiger partial charge on any atom is -0.493 e. The third-order valence-electron chi connectivity index (χ3n) is 4.72. The van der Waals surface area contributed by atoms with E-state index in [-0.39, 0.29) is 29.9 Å². The van der Waals surface area contributed by atoms with Gasteiger partial charge in [0.05, 0.1) is 45.1 Å². The molecule has 0 amide bonds. The lowest BCUT2D eigenvalue weighted by Gasteiger charge is -2.26. The Morgan fingerprint density at radius 2 is 2.00 bits per heavy atom. The molecule has 1 atom stereocenters. The van der Waals surface area contributed by atoms with Crippen molar-refractivity contribution in [3.8, 4) is 11.5 Å². The van der Waals surface area contributed by atoms with Gasteiger partial charge < -0.3 is 13.9 Å². The van der Waals surface area contributed by atoms with Gasteiger partial charge in [-0.3, -0.25) is 9.69 Å². The third-order valence-corrected chi connectivity index (χ3v) is 6.47. The lowest BCUT2D eigenvalue weighted by atomic mass is 10.1. The topological polar surface area (TPSA) is 86.0 Å². The largest absolute Gasteiger partial charge is 0.493 e. The molecule has 1 fully saturated rings. The maximum absolute atomic E-state index is 12.9. The van der Waals surface area contributed by atoms with Crippen molar-refractivity contribution < 1.29 is 27.1 Å². The van der Waals surface area contributed by atoms with Crippen LogP contribution in [0.15, 0.2) is 41.0 Å². The number of sulfone groups is 1. The second kappa shape index (κ2) is 8.14.